The lowest BCUT2D eigenvalue weighted by Gasteiger charge is -2.10. The van der Waals surface area contributed by atoms with Crippen LogP contribution in [0.3, 0.4) is 0 Å². The number of nitrogens with one attached hydrogen (secondary N) is 2. The number of hydrogen-bond acceptors (Lipinski definition) is 4. The van der Waals surface area contributed by atoms with E-state index in [1.807, 2.05) is 25.1 Å². The molecule has 0 atom stereocenters. The Bertz CT molecular complexity index is 1050. The zero-order valence-electron chi connectivity index (χ0n) is 15.3. The van der Waals surface area contributed by atoms with E-state index in [-0.39, 0.29) is 17.4 Å². The van der Waals surface area contributed by atoms with E-state index in [0.717, 1.165) is 5.56 Å². The topological polar surface area (TPSA) is 84.5 Å². The number of aryl methyl sites for hydroxylation is 1. The predicted molar refractivity (Wildman–Crippen MR) is 109 cm³/mol. The number of rotatable bonds is 7. The van der Waals surface area contributed by atoms with Crippen LogP contribution in [0, 0.1) is 6.92 Å². The number of hydrogen-bond donors (Lipinski definition) is 2. The van der Waals surface area contributed by atoms with Gasteiger partial charge in [-0.1, -0.05) is 30.3 Å². The van der Waals surface area contributed by atoms with E-state index < -0.39 is 10.0 Å². The van der Waals surface area contributed by atoms with Gasteiger partial charge >= 0.3 is 0 Å². The van der Waals surface area contributed by atoms with Gasteiger partial charge in [-0.15, -0.1) is 0 Å². The fourth-order valence-electron chi connectivity index (χ4n) is 2.50. The molecule has 1 amide bonds. The molecule has 0 saturated heterocycles. The number of carbonyl (C=O) groups is 1. The first-order valence-corrected chi connectivity index (χ1v) is 10.1. The maximum Gasteiger partial charge on any atom is 0.262 e. The quantitative estimate of drug-likeness (QED) is 0.636. The molecule has 7 heteroatoms. The molecule has 0 radical (unpaired) electrons. The van der Waals surface area contributed by atoms with E-state index in [1.54, 1.807) is 36.4 Å². The van der Waals surface area contributed by atoms with Crippen molar-refractivity contribution in [2.75, 3.05) is 16.6 Å². The number of sulfonamides is 1. The molecular formula is C21H20N2O4S. The molecule has 3 rings (SSSR count). The van der Waals surface area contributed by atoms with E-state index in [9.17, 15) is 13.2 Å². The Hall–Kier alpha value is -3.32. The van der Waals surface area contributed by atoms with E-state index in [4.69, 9.17) is 4.74 Å². The molecule has 3 aromatic carbocycles. The highest BCUT2D eigenvalue weighted by Gasteiger charge is 2.14. The predicted octanol–water partition coefficient (Wildman–Crippen LogP) is 3.81. The number of carbonyl (C=O) groups excluding carboxylic acids is 1. The van der Waals surface area contributed by atoms with E-state index in [0.29, 0.717) is 17.1 Å². The summed E-state index contributed by atoms with van der Waals surface area (Å²) in [7, 11) is -3.69. The van der Waals surface area contributed by atoms with Crippen molar-refractivity contribution in [1.29, 1.82) is 0 Å². The van der Waals surface area contributed by atoms with Crippen LogP contribution in [0.25, 0.3) is 0 Å². The highest BCUT2D eigenvalue weighted by Crippen LogP contribution is 2.19. The van der Waals surface area contributed by atoms with Gasteiger partial charge in [-0.05, 0) is 61.0 Å². The number of anilines is 2. The number of ether oxygens (including phenoxy) is 1. The van der Waals surface area contributed by atoms with Crippen LogP contribution in [-0.2, 0) is 14.8 Å². The molecule has 3 aromatic rings. The van der Waals surface area contributed by atoms with Gasteiger partial charge in [0.15, 0.2) is 6.61 Å². The lowest BCUT2D eigenvalue weighted by Crippen LogP contribution is -2.20. The number of benzene rings is 3. The van der Waals surface area contributed by atoms with Gasteiger partial charge in [-0.2, -0.15) is 0 Å². The van der Waals surface area contributed by atoms with Gasteiger partial charge in [0.1, 0.15) is 5.75 Å². The second-order valence-electron chi connectivity index (χ2n) is 6.15. The minimum Gasteiger partial charge on any atom is -0.484 e. The molecule has 6 nitrogen and oxygen atoms in total. The van der Waals surface area contributed by atoms with Crippen LogP contribution in [0.15, 0.2) is 83.8 Å². The van der Waals surface area contributed by atoms with E-state index >= 15 is 0 Å². The molecule has 144 valence electrons. The van der Waals surface area contributed by atoms with Crippen LogP contribution in [0.5, 0.6) is 5.75 Å². The van der Waals surface area contributed by atoms with Crippen molar-refractivity contribution in [3.05, 3.63) is 84.4 Å². The first-order valence-electron chi connectivity index (χ1n) is 8.60. The highest BCUT2D eigenvalue weighted by atomic mass is 32.2. The molecule has 0 bridgehead atoms. The van der Waals surface area contributed by atoms with Crippen LogP contribution in [-0.4, -0.2) is 20.9 Å². The van der Waals surface area contributed by atoms with Gasteiger partial charge in [-0.3, -0.25) is 9.52 Å². The summed E-state index contributed by atoms with van der Waals surface area (Å²) < 4.78 is 32.7. The Balaban J connectivity index is 1.57. The molecule has 0 aliphatic rings. The second kappa shape index (κ2) is 8.58. The summed E-state index contributed by atoms with van der Waals surface area (Å²) >= 11 is 0. The number of para-hydroxylation sites is 1. The Labute approximate surface area is 164 Å². The Morgan fingerprint density at radius 2 is 1.57 bits per heavy atom. The number of amides is 1. The van der Waals surface area contributed by atoms with Crippen LogP contribution in [0.2, 0.25) is 0 Å². The maximum absolute atomic E-state index is 12.4. The first-order chi connectivity index (χ1) is 13.4. The maximum atomic E-state index is 12.4. The summed E-state index contributed by atoms with van der Waals surface area (Å²) in [6.07, 6.45) is 0. The van der Waals surface area contributed by atoms with Crippen molar-refractivity contribution >= 4 is 27.3 Å². The van der Waals surface area contributed by atoms with Crippen molar-refractivity contribution in [2.24, 2.45) is 0 Å². The molecule has 0 aromatic heterocycles. The van der Waals surface area contributed by atoms with Crippen molar-refractivity contribution in [3.63, 3.8) is 0 Å². The van der Waals surface area contributed by atoms with Gasteiger partial charge in [-0.25, -0.2) is 8.42 Å². The lowest BCUT2D eigenvalue weighted by atomic mass is 10.2. The second-order valence-corrected chi connectivity index (χ2v) is 7.83. The third-order valence-corrected chi connectivity index (χ3v) is 5.23. The third-order valence-electron chi connectivity index (χ3n) is 3.83. The molecule has 0 aliphatic carbocycles. The van der Waals surface area contributed by atoms with Gasteiger partial charge in [0.2, 0.25) is 0 Å². The van der Waals surface area contributed by atoms with Crippen molar-refractivity contribution in [3.8, 4) is 5.75 Å². The summed E-state index contributed by atoms with van der Waals surface area (Å²) in [5.41, 5.74) is 2.22. The molecular weight excluding hydrogens is 376 g/mol. The van der Waals surface area contributed by atoms with Crippen LogP contribution in [0.4, 0.5) is 11.4 Å². The molecule has 0 unspecified atom stereocenters. The largest absolute Gasteiger partial charge is 0.484 e. The smallest absolute Gasteiger partial charge is 0.262 e. The average Bonchev–Trinajstić information content (AvgIpc) is 2.67. The Morgan fingerprint density at radius 1 is 0.893 bits per heavy atom. The summed E-state index contributed by atoms with van der Waals surface area (Å²) in [5.74, 6) is 0.103. The monoisotopic (exact) mass is 396 g/mol. The summed E-state index contributed by atoms with van der Waals surface area (Å²) in [5, 5.41) is 2.75. The normalized spacial score (nSPS) is 10.9. The fourth-order valence-corrected chi connectivity index (χ4v) is 3.56. The van der Waals surface area contributed by atoms with Crippen molar-refractivity contribution in [2.45, 2.75) is 11.8 Å². The van der Waals surface area contributed by atoms with Crippen LogP contribution < -0.4 is 14.8 Å². The highest BCUT2D eigenvalue weighted by molar-refractivity contribution is 7.92. The first kappa shape index (κ1) is 19.4. The average molecular weight is 396 g/mol. The lowest BCUT2D eigenvalue weighted by molar-refractivity contribution is -0.118. The Morgan fingerprint density at radius 3 is 2.25 bits per heavy atom. The van der Waals surface area contributed by atoms with Gasteiger partial charge < -0.3 is 10.1 Å². The zero-order valence-corrected chi connectivity index (χ0v) is 16.1. The molecule has 28 heavy (non-hydrogen) atoms. The molecule has 0 fully saturated rings. The SMILES string of the molecule is Cc1cccc(NC(=O)COc2ccc(S(=O)(=O)Nc3ccccc3)cc2)c1. The Kier molecular flexibility index (Phi) is 5.96. The standard InChI is InChI=1S/C21H20N2O4S/c1-16-6-5-9-18(14-16)22-21(24)15-27-19-10-12-20(13-11-19)28(25,26)23-17-7-3-2-4-8-17/h2-14,23H,15H2,1H3,(H,22,24). The minimum absolute atomic E-state index is 0.105. The fraction of sp³-hybridized carbons (Fsp3) is 0.0952. The van der Waals surface area contributed by atoms with Crippen LogP contribution in [0.1, 0.15) is 5.56 Å². The van der Waals surface area contributed by atoms with Gasteiger partial charge in [0.05, 0.1) is 4.90 Å². The molecule has 2 N–H and O–H groups in total. The van der Waals surface area contributed by atoms with Crippen LogP contribution >= 0.6 is 0 Å². The molecule has 0 aliphatic heterocycles. The minimum atomic E-state index is -3.69. The van der Waals surface area contributed by atoms with E-state index in [1.165, 1.54) is 24.3 Å². The van der Waals surface area contributed by atoms with Crippen molar-refractivity contribution in [1.82, 2.24) is 0 Å². The van der Waals surface area contributed by atoms with Gasteiger partial charge in [0, 0.05) is 11.4 Å². The summed E-state index contributed by atoms with van der Waals surface area (Å²) in [4.78, 5) is 12.1. The summed E-state index contributed by atoms with van der Waals surface area (Å²) in [6.45, 7) is 1.76. The molecule has 0 saturated carbocycles. The van der Waals surface area contributed by atoms with Gasteiger partial charge in [0.25, 0.3) is 15.9 Å². The van der Waals surface area contributed by atoms with Crippen molar-refractivity contribution < 1.29 is 17.9 Å². The summed E-state index contributed by atoms with van der Waals surface area (Å²) in [6, 6.07) is 22.0. The van der Waals surface area contributed by atoms with E-state index in [2.05, 4.69) is 10.0 Å². The third kappa shape index (κ3) is 5.34. The zero-order chi connectivity index (χ0) is 20.0. The molecule has 0 heterocycles. The molecule has 0 spiro atoms.